The average Bonchev–Trinajstić information content (AvgIpc) is 2.48. The number of aliphatic hydroxyl groups is 1. The Hall–Kier alpha value is -2.21. The molecule has 0 aliphatic rings. The number of ether oxygens (including phenoxy) is 2. The molecule has 6 heteroatoms. The predicted molar refractivity (Wildman–Crippen MR) is 82.7 cm³/mol. The summed E-state index contributed by atoms with van der Waals surface area (Å²) in [4.78, 5) is 36.2. The van der Waals surface area contributed by atoms with Crippen LogP contribution in [0, 0.1) is 0 Å². The number of ketones is 1. The first-order valence-electron chi connectivity index (χ1n) is 7.47. The molecule has 0 radical (unpaired) electrons. The molecule has 0 fully saturated rings. The summed E-state index contributed by atoms with van der Waals surface area (Å²) in [5, 5.41) is 10.9. The van der Waals surface area contributed by atoms with Crippen LogP contribution in [-0.4, -0.2) is 41.6 Å². The molecule has 0 heterocycles. The molecule has 0 amide bonds. The quantitative estimate of drug-likeness (QED) is 0.731. The van der Waals surface area contributed by atoms with Crippen LogP contribution >= 0.6 is 0 Å². The molecule has 1 N–H and O–H groups in total. The highest BCUT2D eigenvalue weighted by atomic mass is 16.6. The first-order valence-corrected chi connectivity index (χ1v) is 7.47. The van der Waals surface area contributed by atoms with Crippen molar-refractivity contribution in [3.63, 3.8) is 0 Å². The van der Waals surface area contributed by atoms with Gasteiger partial charge in [-0.05, 0) is 26.3 Å². The summed E-state index contributed by atoms with van der Waals surface area (Å²) in [6.45, 7) is 4.53. The van der Waals surface area contributed by atoms with Gasteiger partial charge in [-0.25, -0.2) is 4.79 Å². The smallest absolute Gasteiger partial charge is 0.339 e. The molecule has 0 spiro atoms. The van der Waals surface area contributed by atoms with E-state index in [1.54, 1.807) is 44.2 Å². The van der Waals surface area contributed by atoms with Crippen LogP contribution in [0.15, 0.2) is 30.3 Å². The Morgan fingerprint density at radius 3 is 2.13 bits per heavy atom. The zero-order valence-corrected chi connectivity index (χ0v) is 13.6. The average molecular weight is 322 g/mol. The van der Waals surface area contributed by atoms with Crippen molar-refractivity contribution >= 4 is 17.7 Å². The van der Waals surface area contributed by atoms with Crippen LogP contribution in [0.3, 0.4) is 0 Å². The van der Waals surface area contributed by atoms with E-state index in [1.165, 1.54) is 6.92 Å². The highest BCUT2D eigenvalue weighted by Gasteiger charge is 2.51. The Labute approximate surface area is 135 Å². The Morgan fingerprint density at radius 1 is 1.09 bits per heavy atom. The Balaban J connectivity index is 3.39. The number of carbonyl (C=O) groups excluding carboxylic acids is 3. The Kier molecular flexibility index (Phi) is 6.90. The molecule has 6 nitrogen and oxygen atoms in total. The normalized spacial score (nSPS) is 14.4. The molecule has 0 saturated heterocycles. The summed E-state index contributed by atoms with van der Waals surface area (Å²) < 4.78 is 9.89. The van der Waals surface area contributed by atoms with E-state index < -0.39 is 35.7 Å². The Morgan fingerprint density at radius 2 is 1.65 bits per heavy atom. The molecule has 1 rings (SSSR count). The van der Waals surface area contributed by atoms with E-state index in [2.05, 4.69) is 0 Å². The zero-order valence-electron chi connectivity index (χ0n) is 13.6. The third-order valence-corrected chi connectivity index (χ3v) is 3.28. The maximum atomic E-state index is 12.4. The first kappa shape index (κ1) is 18.8. The molecule has 0 unspecified atom stereocenters. The van der Waals surface area contributed by atoms with E-state index in [1.807, 2.05) is 0 Å². The molecule has 126 valence electrons. The summed E-state index contributed by atoms with van der Waals surface area (Å²) in [5.41, 5.74) is -1.93. The Bertz CT molecular complexity index is 553. The van der Waals surface area contributed by atoms with Crippen LogP contribution < -0.4 is 0 Å². The molecular weight excluding hydrogens is 300 g/mol. The molecule has 1 aromatic rings. The van der Waals surface area contributed by atoms with E-state index in [0.29, 0.717) is 5.56 Å². The maximum absolute atomic E-state index is 12.4. The van der Waals surface area contributed by atoms with Crippen LogP contribution in [-0.2, 0) is 23.9 Å². The lowest BCUT2D eigenvalue weighted by Gasteiger charge is -2.32. The van der Waals surface area contributed by atoms with Crippen molar-refractivity contribution < 1.29 is 29.0 Å². The second-order valence-electron chi connectivity index (χ2n) is 5.12. The van der Waals surface area contributed by atoms with Gasteiger partial charge in [-0.1, -0.05) is 30.3 Å². The number of benzene rings is 1. The molecule has 0 aliphatic heterocycles. The lowest BCUT2D eigenvalue weighted by atomic mass is 9.78. The predicted octanol–water partition coefficient (Wildman–Crippen LogP) is 1.61. The summed E-state index contributed by atoms with van der Waals surface area (Å²) in [5.74, 6) is -3.58. The van der Waals surface area contributed by atoms with Crippen molar-refractivity contribution in [2.24, 2.45) is 0 Å². The minimum atomic E-state index is -2.31. The van der Waals surface area contributed by atoms with Gasteiger partial charge in [-0.2, -0.15) is 0 Å². The molecule has 0 saturated carbocycles. The van der Waals surface area contributed by atoms with Crippen molar-refractivity contribution in [3.05, 3.63) is 35.9 Å². The van der Waals surface area contributed by atoms with Crippen molar-refractivity contribution in [2.75, 3.05) is 13.2 Å². The van der Waals surface area contributed by atoms with Gasteiger partial charge in [0.2, 0.25) is 0 Å². The lowest BCUT2D eigenvalue weighted by Crippen LogP contribution is -2.50. The summed E-state index contributed by atoms with van der Waals surface area (Å²) in [7, 11) is 0. The minimum Gasteiger partial charge on any atom is -0.465 e. The van der Waals surface area contributed by atoms with E-state index in [0.717, 1.165) is 0 Å². The van der Waals surface area contributed by atoms with Gasteiger partial charge in [0.05, 0.1) is 13.2 Å². The van der Waals surface area contributed by atoms with Crippen molar-refractivity contribution in [2.45, 2.75) is 38.7 Å². The molecule has 1 aromatic carbocycles. The van der Waals surface area contributed by atoms with Crippen LogP contribution in [0.5, 0.6) is 0 Å². The van der Waals surface area contributed by atoms with E-state index in [9.17, 15) is 19.5 Å². The molecule has 23 heavy (non-hydrogen) atoms. The van der Waals surface area contributed by atoms with Gasteiger partial charge < -0.3 is 14.6 Å². The molecule has 0 aliphatic carbocycles. The van der Waals surface area contributed by atoms with Crippen LogP contribution in [0.2, 0.25) is 0 Å². The van der Waals surface area contributed by atoms with Gasteiger partial charge >= 0.3 is 11.9 Å². The highest BCUT2D eigenvalue weighted by Crippen LogP contribution is 2.34. The van der Waals surface area contributed by atoms with E-state index in [4.69, 9.17) is 9.47 Å². The fourth-order valence-electron chi connectivity index (χ4n) is 2.41. The fourth-order valence-corrected chi connectivity index (χ4v) is 2.41. The van der Waals surface area contributed by atoms with Gasteiger partial charge in [0.1, 0.15) is 11.7 Å². The third-order valence-electron chi connectivity index (χ3n) is 3.28. The topological polar surface area (TPSA) is 89.9 Å². The van der Waals surface area contributed by atoms with Gasteiger partial charge in [-0.15, -0.1) is 0 Å². The van der Waals surface area contributed by atoms with Crippen molar-refractivity contribution in [1.82, 2.24) is 0 Å². The number of carbonyl (C=O) groups is 3. The maximum Gasteiger partial charge on any atom is 0.339 e. The third kappa shape index (κ3) is 4.63. The largest absolute Gasteiger partial charge is 0.465 e. The number of hydrogen-bond donors (Lipinski definition) is 1. The number of Topliss-reactive ketones (excluding diaryl/α,β-unsaturated/α-hetero) is 1. The lowest BCUT2D eigenvalue weighted by molar-refractivity contribution is -0.177. The van der Waals surface area contributed by atoms with E-state index >= 15 is 0 Å². The van der Waals surface area contributed by atoms with E-state index in [-0.39, 0.29) is 13.2 Å². The minimum absolute atomic E-state index is 0.0172. The standard InChI is InChI=1S/C17H22O6/c1-4-22-15(19)14(13-9-7-6-8-10-13)17(21,11-12(3)18)16(20)23-5-2/h6-10,14,21H,4-5,11H2,1-3H3/t14-,17+/m0/s1. The van der Waals surface area contributed by atoms with Crippen LogP contribution in [0.1, 0.15) is 38.7 Å². The zero-order chi connectivity index (χ0) is 17.5. The number of rotatable bonds is 8. The second kappa shape index (κ2) is 8.43. The molecule has 0 aromatic heterocycles. The summed E-state index contributed by atoms with van der Waals surface area (Å²) in [6.07, 6.45) is -0.537. The number of hydrogen-bond acceptors (Lipinski definition) is 6. The second-order valence-corrected chi connectivity index (χ2v) is 5.12. The molecular formula is C17H22O6. The SMILES string of the molecule is CCOC(=O)[C@H](c1ccccc1)[C@](O)(CC(C)=O)C(=O)OCC. The highest BCUT2D eigenvalue weighted by molar-refractivity contribution is 5.95. The fraction of sp³-hybridized carbons (Fsp3) is 0.471. The summed E-state index contributed by atoms with van der Waals surface area (Å²) >= 11 is 0. The number of esters is 2. The van der Waals surface area contributed by atoms with Gasteiger partial charge in [-0.3, -0.25) is 9.59 Å². The van der Waals surface area contributed by atoms with Crippen LogP contribution in [0.25, 0.3) is 0 Å². The van der Waals surface area contributed by atoms with Gasteiger partial charge in [0, 0.05) is 6.42 Å². The van der Waals surface area contributed by atoms with Gasteiger partial charge in [0.25, 0.3) is 0 Å². The van der Waals surface area contributed by atoms with Crippen molar-refractivity contribution in [1.29, 1.82) is 0 Å². The first-order chi connectivity index (χ1) is 10.9. The van der Waals surface area contributed by atoms with Crippen LogP contribution in [0.4, 0.5) is 0 Å². The molecule has 2 atom stereocenters. The van der Waals surface area contributed by atoms with Crippen molar-refractivity contribution in [3.8, 4) is 0 Å². The monoisotopic (exact) mass is 322 g/mol. The molecule has 0 bridgehead atoms. The van der Waals surface area contributed by atoms with Gasteiger partial charge in [0.15, 0.2) is 5.60 Å². The summed E-state index contributed by atoms with van der Waals surface area (Å²) in [6, 6.07) is 8.25.